The van der Waals surface area contributed by atoms with Crippen molar-refractivity contribution >= 4 is 27.5 Å². The Morgan fingerprint density at radius 1 is 1.56 bits per heavy atom. The van der Waals surface area contributed by atoms with Crippen LogP contribution in [0.1, 0.15) is 15.9 Å². The minimum atomic E-state index is -0.479. The Labute approximate surface area is 101 Å². The predicted molar refractivity (Wildman–Crippen MR) is 64.0 cm³/mol. The SMILES string of the molecule is Cc1cc([N+](=O)[O-])ccc1C(=O)NCCBr. The van der Waals surface area contributed by atoms with E-state index in [2.05, 4.69) is 21.2 Å². The second kappa shape index (κ2) is 5.60. The number of aryl methyl sites for hydroxylation is 1. The Bertz CT molecular complexity index is 421. The minimum Gasteiger partial charge on any atom is -0.351 e. The number of nitrogens with zero attached hydrogens (tertiary/aromatic N) is 1. The van der Waals surface area contributed by atoms with Crippen LogP contribution < -0.4 is 5.32 Å². The minimum absolute atomic E-state index is 0.00505. The summed E-state index contributed by atoms with van der Waals surface area (Å²) in [4.78, 5) is 21.6. The summed E-state index contributed by atoms with van der Waals surface area (Å²) in [5, 5.41) is 13.9. The molecule has 5 nitrogen and oxygen atoms in total. The molecule has 0 aliphatic heterocycles. The van der Waals surface area contributed by atoms with Gasteiger partial charge in [0.2, 0.25) is 0 Å². The molecule has 6 heteroatoms. The van der Waals surface area contributed by atoms with Gasteiger partial charge in [0.05, 0.1) is 4.92 Å². The van der Waals surface area contributed by atoms with Crippen LogP contribution in [0.5, 0.6) is 0 Å². The van der Waals surface area contributed by atoms with Crippen LogP contribution in [-0.2, 0) is 0 Å². The van der Waals surface area contributed by atoms with Gasteiger partial charge in [-0.25, -0.2) is 0 Å². The van der Waals surface area contributed by atoms with Crippen molar-refractivity contribution in [3.05, 3.63) is 39.4 Å². The number of halogens is 1. The standard InChI is InChI=1S/C10H11BrN2O3/c1-7-6-8(13(15)16)2-3-9(7)10(14)12-5-4-11/h2-3,6H,4-5H2,1H3,(H,12,14). The molecule has 0 spiro atoms. The van der Waals surface area contributed by atoms with Crippen LogP contribution in [0.2, 0.25) is 0 Å². The number of rotatable bonds is 4. The van der Waals surface area contributed by atoms with Crippen LogP contribution in [0.4, 0.5) is 5.69 Å². The maximum absolute atomic E-state index is 11.6. The van der Waals surface area contributed by atoms with E-state index >= 15 is 0 Å². The van der Waals surface area contributed by atoms with Gasteiger partial charge in [0, 0.05) is 29.6 Å². The molecule has 0 atom stereocenters. The zero-order valence-corrected chi connectivity index (χ0v) is 10.3. The molecule has 1 aromatic rings. The Kier molecular flexibility index (Phi) is 4.42. The Balaban J connectivity index is 2.90. The van der Waals surface area contributed by atoms with E-state index in [-0.39, 0.29) is 11.6 Å². The Morgan fingerprint density at radius 2 is 2.25 bits per heavy atom. The van der Waals surface area contributed by atoms with Crippen molar-refractivity contribution in [2.24, 2.45) is 0 Å². The number of hydrogen-bond acceptors (Lipinski definition) is 3. The molecule has 1 rings (SSSR count). The van der Waals surface area contributed by atoms with Crippen molar-refractivity contribution in [2.75, 3.05) is 11.9 Å². The third-order valence-corrected chi connectivity index (χ3v) is 2.44. The van der Waals surface area contributed by atoms with Crippen LogP contribution >= 0.6 is 15.9 Å². The molecule has 0 saturated heterocycles. The van der Waals surface area contributed by atoms with E-state index in [1.54, 1.807) is 6.92 Å². The van der Waals surface area contributed by atoms with Crippen molar-refractivity contribution in [2.45, 2.75) is 6.92 Å². The molecule has 0 aliphatic rings. The van der Waals surface area contributed by atoms with Gasteiger partial charge in [-0.2, -0.15) is 0 Å². The first-order valence-electron chi connectivity index (χ1n) is 4.65. The molecule has 0 radical (unpaired) electrons. The summed E-state index contributed by atoms with van der Waals surface area (Å²) < 4.78 is 0. The predicted octanol–water partition coefficient (Wildman–Crippen LogP) is 2.03. The van der Waals surface area contributed by atoms with Crippen molar-refractivity contribution in [1.82, 2.24) is 5.32 Å². The topological polar surface area (TPSA) is 72.2 Å². The molecule has 0 bridgehead atoms. The quantitative estimate of drug-likeness (QED) is 0.523. The highest BCUT2D eigenvalue weighted by Gasteiger charge is 2.12. The monoisotopic (exact) mass is 286 g/mol. The molecule has 1 N–H and O–H groups in total. The van der Waals surface area contributed by atoms with E-state index in [4.69, 9.17) is 0 Å². The summed E-state index contributed by atoms with van der Waals surface area (Å²) in [6, 6.07) is 4.19. The zero-order chi connectivity index (χ0) is 12.1. The zero-order valence-electron chi connectivity index (χ0n) is 8.70. The third kappa shape index (κ3) is 3.03. The van der Waals surface area contributed by atoms with Crippen molar-refractivity contribution in [1.29, 1.82) is 0 Å². The summed E-state index contributed by atoms with van der Waals surface area (Å²) in [5.41, 5.74) is 1.06. The van der Waals surface area contributed by atoms with Gasteiger partial charge in [-0.05, 0) is 18.6 Å². The van der Waals surface area contributed by atoms with E-state index in [1.165, 1.54) is 18.2 Å². The van der Waals surface area contributed by atoms with Gasteiger partial charge in [0.25, 0.3) is 11.6 Å². The summed E-state index contributed by atoms with van der Waals surface area (Å²) in [6.07, 6.45) is 0. The number of nitro benzene ring substituents is 1. The molecule has 0 fully saturated rings. The van der Waals surface area contributed by atoms with Crippen molar-refractivity contribution in [3.63, 3.8) is 0 Å². The van der Waals surface area contributed by atoms with Crippen LogP contribution in [-0.4, -0.2) is 22.7 Å². The molecular formula is C10H11BrN2O3. The van der Waals surface area contributed by atoms with E-state index in [1.807, 2.05) is 0 Å². The number of amides is 1. The number of benzene rings is 1. The summed E-state index contributed by atoms with van der Waals surface area (Å²) in [5.74, 6) is -0.216. The van der Waals surface area contributed by atoms with Gasteiger partial charge in [-0.3, -0.25) is 14.9 Å². The van der Waals surface area contributed by atoms with Gasteiger partial charge in [-0.1, -0.05) is 15.9 Å². The van der Waals surface area contributed by atoms with Crippen LogP contribution in [0, 0.1) is 17.0 Å². The number of non-ortho nitro benzene ring substituents is 1. The van der Waals surface area contributed by atoms with Crippen molar-refractivity contribution < 1.29 is 9.72 Å². The first kappa shape index (κ1) is 12.6. The van der Waals surface area contributed by atoms with Gasteiger partial charge in [-0.15, -0.1) is 0 Å². The highest BCUT2D eigenvalue weighted by Crippen LogP contribution is 2.16. The third-order valence-electron chi connectivity index (χ3n) is 2.05. The Hall–Kier alpha value is -1.43. The first-order valence-corrected chi connectivity index (χ1v) is 5.77. The maximum atomic E-state index is 11.6. The molecule has 86 valence electrons. The normalized spacial score (nSPS) is 9.88. The molecule has 1 amide bonds. The molecule has 0 heterocycles. The average Bonchev–Trinajstić information content (AvgIpc) is 2.25. The molecule has 16 heavy (non-hydrogen) atoms. The average molecular weight is 287 g/mol. The number of alkyl halides is 1. The second-order valence-electron chi connectivity index (χ2n) is 3.20. The highest BCUT2D eigenvalue weighted by atomic mass is 79.9. The lowest BCUT2D eigenvalue weighted by Gasteiger charge is -2.05. The van der Waals surface area contributed by atoms with E-state index in [0.717, 1.165) is 0 Å². The largest absolute Gasteiger partial charge is 0.351 e. The van der Waals surface area contributed by atoms with Crippen LogP contribution in [0.3, 0.4) is 0 Å². The Morgan fingerprint density at radius 3 is 2.75 bits per heavy atom. The molecular weight excluding hydrogens is 276 g/mol. The summed E-state index contributed by atoms with van der Waals surface area (Å²) >= 11 is 3.20. The smallest absolute Gasteiger partial charge is 0.269 e. The molecule has 0 unspecified atom stereocenters. The fourth-order valence-corrected chi connectivity index (χ4v) is 1.47. The molecule has 0 aliphatic carbocycles. The molecule has 0 saturated carbocycles. The number of carbonyl (C=O) groups is 1. The fourth-order valence-electron chi connectivity index (χ4n) is 1.27. The van der Waals surface area contributed by atoms with Gasteiger partial charge < -0.3 is 5.32 Å². The molecule has 0 aromatic heterocycles. The lowest BCUT2D eigenvalue weighted by atomic mass is 10.1. The lowest BCUT2D eigenvalue weighted by Crippen LogP contribution is -2.25. The highest BCUT2D eigenvalue weighted by molar-refractivity contribution is 9.09. The number of nitro groups is 1. The van der Waals surface area contributed by atoms with E-state index < -0.39 is 4.92 Å². The fraction of sp³-hybridized carbons (Fsp3) is 0.300. The first-order chi connectivity index (χ1) is 7.56. The number of nitrogens with one attached hydrogen (secondary N) is 1. The van der Waals surface area contributed by atoms with Crippen LogP contribution in [0.25, 0.3) is 0 Å². The number of carbonyl (C=O) groups excluding carboxylic acids is 1. The van der Waals surface area contributed by atoms with E-state index in [0.29, 0.717) is 23.0 Å². The lowest BCUT2D eigenvalue weighted by molar-refractivity contribution is -0.384. The van der Waals surface area contributed by atoms with Gasteiger partial charge >= 0.3 is 0 Å². The van der Waals surface area contributed by atoms with Gasteiger partial charge in [0.15, 0.2) is 0 Å². The molecule has 1 aromatic carbocycles. The second-order valence-corrected chi connectivity index (χ2v) is 3.99. The van der Waals surface area contributed by atoms with Crippen LogP contribution in [0.15, 0.2) is 18.2 Å². The number of hydrogen-bond donors (Lipinski definition) is 1. The van der Waals surface area contributed by atoms with Crippen molar-refractivity contribution in [3.8, 4) is 0 Å². The van der Waals surface area contributed by atoms with E-state index in [9.17, 15) is 14.9 Å². The summed E-state index contributed by atoms with van der Waals surface area (Å²) in [7, 11) is 0. The maximum Gasteiger partial charge on any atom is 0.269 e. The van der Waals surface area contributed by atoms with Gasteiger partial charge in [0.1, 0.15) is 0 Å². The summed E-state index contributed by atoms with van der Waals surface area (Å²) in [6.45, 7) is 2.20.